The fourth-order valence-electron chi connectivity index (χ4n) is 2.07. The molecule has 1 aliphatic heterocycles. The number of aromatic nitrogens is 2. The summed E-state index contributed by atoms with van der Waals surface area (Å²) in [6.07, 6.45) is 5.91. The van der Waals surface area contributed by atoms with E-state index in [1.807, 2.05) is 0 Å². The predicted octanol–water partition coefficient (Wildman–Crippen LogP) is 0.556. The van der Waals surface area contributed by atoms with Gasteiger partial charge in [0.25, 0.3) is 5.91 Å². The number of hydrogen-bond donors (Lipinski definition) is 1. The molecule has 1 atom stereocenters. The van der Waals surface area contributed by atoms with Gasteiger partial charge in [-0.1, -0.05) is 0 Å². The van der Waals surface area contributed by atoms with E-state index >= 15 is 0 Å². The summed E-state index contributed by atoms with van der Waals surface area (Å²) in [6.45, 7) is 0.591. The average molecular weight is 235 g/mol. The van der Waals surface area contributed by atoms with Gasteiger partial charge in [0, 0.05) is 25.0 Å². The molecule has 0 saturated carbocycles. The third-order valence-corrected chi connectivity index (χ3v) is 2.83. The SMILES string of the molecule is O=C(O)CC1CCCN1C(=O)c1cnccn1. The number of likely N-dealkylation sites (tertiary alicyclic amines) is 1. The average Bonchev–Trinajstić information content (AvgIpc) is 2.76. The largest absolute Gasteiger partial charge is 0.481 e. The van der Waals surface area contributed by atoms with Gasteiger partial charge < -0.3 is 10.0 Å². The summed E-state index contributed by atoms with van der Waals surface area (Å²) in [5.74, 6) is -1.12. The van der Waals surface area contributed by atoms with E-state index in [-0.39, 0.29) is 24.1 Å². The maximum atomic E-state index is 12.1. The Balaban J connectivity index is 2.11. The first-order valence-corrected chi connectivity index (χ1v) is 5.47. The van der Waals surface area contributed by atoms with Crippen LogP contribution in [0.15, 0.2) is 18.6 Å². The summed E-state index contributed by atoms with van der Waals surface area (Å²) in [4.78, 5) is 32.1. The number of aliphatic carboxylic acids is 1. The minimum absolute atomic E-state index is 0.00793. The molecule has 0 radical (unpaired) electrons. The van der Waals surface area contributed by atoms with Crippen LogP contribution in [0, 0.1) is 0 Å². The fraction of sp³-hybridized carbons (Fsp3) is 0.455. The van der Waals surface area contributed by atoms with E-state index in [1.54, 1.807) is 4.90 Å². The molecule has 17 heavy (non-hydrogen) atoms. The Morgan fingerprint density at radius 1 is 1.47 bits per heavy atom. The van der Waals surface area contributed by atoms with Crippen LogP contribution in [0.1, 0.15) is 29.8 Å². The molecule has 2 rings (SSSR count). The number of rotatable bonds is 3. The van der Waals surface area contributed by atoms with Gasteiger partial charge in [-0.3, -0.25) is 14.6 Å². The number of carboxylic acids is 1. The lowest BCUT2D eigenvalue weighted by Crippen LogP contribution is -2.37. The highest BCUT2D eigenvalue weighted by Gasteiger charge is 2.31. The van der Waals surface area contributed by atoms with Crippen molar-refractivity contribution in [2.75, 3.05) is 6.54 Å². The van der Waals surface area contributed by atoms with Gasteiger partial charge in [0.15, 0.2) is 0 Å². The van der Waals surface area contributed by atoms with Gasteiger partial charge in [-0.15, -0.1) is 0 Å². The third-order valence-electron chi connectivity index (χ3n) is 2.83. The van der Waals surface area contributed by atoms with Crippen LogP contribution in [0.5, 0.6) is 0 Å². The Morgan fingerprint density at radius 2 is 2.29 bits per heavy atom. The molecular weight excluding hydrogens is 222 g/mol. The van der Waals surface area contributed by atoms with Gasteiger partial charge in [-0.25, -0.2) is 4.98 Å². The van der Waals surface area contributed by atoms with Crippen molar-refractivity contribution in [1.82, 2.24) is 14.9 Å². The van der Waals surface area contributed by atoms with Crippen LogP contribution in [0.25, 0.3) is 0 Å². The van der Waals surface area contributed by atoms with Gasteiger partial charge in [-0.2, -0.15) is 0 Å². The van der Waals surface area contributed by atoms with Crippen LogP contribution in [0.4, 0.5) is 0 Å². The van der Waals surface area contributed by atoms with E-state index in [2.05, 4.69) is 9.97 Å². The van der Waals surface area contributed by atoms with Crippen LogP contribution in [0.2, 0.25) is 0 Å². The van der Waals surface area contributed by atoms with Gasteiger partial charge in [0.05, 0.1) is 12.6 Å². The van der Waals surface area contributed by atoms with Crippen LogP contribution < -0.4 is 0 Å². The summed E-state index contributed by atoms with van der Waals surface area (Å²) in [7, 11) is 0. The molecule has 0 bridgehead atoms. The van der Waals surface area contributed by atoms with E-state index in [0.29, 0.717) is 6.54 Å². The lowest BCUT2D eigenvalue weighted by molar-refractivity contribution is -0.137. The normalized spacial score (nSPS) is 19.3. The van der Waals surface area contributed by atoms with Crippen molar-refractivity contribution in [3.05, 3.63) is 24.3 Å². The fourth-order valence-corrected chi connectivity index (χ4v) is 2.07. The van der Waals surface area contributed by atoms with Crippen LogP contribution in [0.3, 0.4) is 0 Å². The number of amides is 1. The number of carbonyl (C=O) groups is 2. The summed E-state index contributed by atoms with van der Waals surface area (Å²) >= 11 is 0. The zero-order valence-corrected chi connectivity index (χ0v) is 9.24. The van der Waals surface area contributed by atoms with Crippen molar-refractivity contribution in [2.24, 2.45) is 0 Å². The molecule has 1 N–H and O–H groups in total. The first kappa shape index (κ1) is 11.5. The highest BCUT2D eigenvalue weighted by Crippen LogP contribution is 2.21. The lowest BCUT2D eigenvalue weighted by Gasteiger charge is -2.22. The minimum atomic E-state index is -0.881. The number of hydrogen-bond acceptors (Lipinski definition) is 4. The Bertz CT molecular complexity index is 421. The highest BCUT2D eigenvalue weighted by molar-refractivity contribution is 5.92. The predicted molar refractivity (Wildman–Crippen MR) is 58.3 cm³/mol. The molecule has 1 aliphatic rings. The van der Waals surface area contributed by atoms with Gasteiger partial charge in [0.1, 0.15) is 5.69 Å². The Morgan fingerprint density at radius 3 is 2.94 bits per heavy atom. The molecule has 1 unspecified atom stereocenters. The third kappa shape index (κ3) is 2.58. The zero-order valence-electron chi connectivity index (χ0n) is 9.24. The lowest BCUT2D eigenvalue weighted by atomic mass is 10.1. The molecule has 6 nitrogen and oxygen atoms in total. The van der Waals surface area contributed by atoms with Crippen molar-refractivity contribution in [3.8, 4) is 0 Å². The summed E-state index contributed by atoms with van der Waals surface area (Å²) < 4.78 is 0. The second kappa shape index (κ2) is 4.90. The molecular formula is C11H13N3O3. The molecule has 1 fully saturated rings. The maximum Gasteiger partial charge on any atom is 0.305 e. The molecule has 1 saturated heterocycles. The number of carbonyl (C=O) groups excluding carboxylic acids is 1. The zero-order chi connectivity index (χ0) is 12.3. The van der Waals surface area contributed by atoms with E-state index in [0.717, 1.165) is 12.8 Å². The molecule has 0 aliphatic carbocycles. The van der Waals surface area contributed by atoms with Crippen molar-refractivity contribution in [3.63, 3.8) is 0 Å². The van der Waals surface area contributed by atoms with E-state index in [1.165, 1.54) is 18.6 Å². The molecule has 0 spiro atoms. The molecule has 1 aromatic heterocycles. The van der Waals surface area contributed by atoms with Crippen LogP contribution in [-0.4, -0.2) is 44.4 Å². The van der Waals surface area contributed by atoms with Crippen molar-refractivity contribution in [2.45, 2.75) is 25.3 Å². The van der Waals surface area contributed by atoms with Crippen molar-refractivity contribution < 1.29 is 14.7 Å². The molecule has 90 valence electrons. The number of nitrogens with zero attached hydrogens (tertiary/aromatic N) is 3. The first-order chi connectivity index (χ1) is 8.18. The molecule has 6 heteroatoms. The quantitative estimate of drug-likeness (QED) is 0.827. The highest BCUT2D eigenvalue weighted by atomic mass is 16.4. The monoisotopic (exact) mass is 235 g/mol. The summed E-state index contributed by atoms with van der Waals surface area (Å²) in [6, 6.07) is -0.220. The van der Waals surface area contributed by atoms with E-state index < -0.39 is 5.97 Å². The Hall–Kier alpha value is -1.98. The molecule has 0 aromatic carbocycles. The smallest absolute Gasteiger partial charge is 0.305 e. The topological polar surface area (TPSA) is 83.4 Å². The molecule has 1 amide bonds. The number of carboxylic acid groups (broad SMARTS) is 1. The minimum Gasteiger partial charge on any atom is -0.481 e. The molecule has 2 heterocycles. The van der Waals surface area contributed by atoms with Gasteiger partial charge in [0.2, 0.25) is 0 Å². The van der Waals surface area contributed by atoms with Crippen molar-refractivity contribution >= 4 is 11.9 Å². The summed E-state index contributed by atoms with van der Waals surface area (Å²) in [5.41, 5.74) is 0.268. The summed E-state index contributed by atoms with van der Waals surface area (Å²) in [5, 5.41) is 8.78. The second-order valence-electron chi connectivity index (χ2n) is 3.98. The second-order valence-corrected chi connectivity index (χ2v) is 3.98. The standard InChI is InChI=1S/C11H13N3O3/c15-10(16)6-8-2-1-5-14(8)11(17)9-7-12-3-4-13-9/h3-4,7-8H,1-2,5-6H2,(H,15,16). The van der Waals surface area contributed by atoms with Gasteiger partial charge >= 0.3 is 5.97 Å². The van der Waals surface area contributed by atoms with Crippen LogP contribution in [-0.2, 0) is 4.79 Å². The van der Waals surface area contributed by atoms with E-state index in [4.69, 9.17) is 5.11 Å². The van der Waals surface area contributed by atoms with Crippen LogP contribution >= 0.6 is 0 Å². The van der Waals surface area contributed by atoms with E-state index in [9.17, 15) is 9.59 Å². The first-order valence-electron chi connectivity index (χ1n) is 5.47. The Kier molecular flexibility index (Phi) is 3.32. The Labute approximate surface area is 98.3 Å². The van der Waals surface area contributed by atoms with Gasteiger partial charge in [-0.05, 0) is 12.8 Å². The van der Waals surface area contributed by atoms with Crippen molar-refractivity contribution in [1.29, 1.82) is 0 Å². The molecule has 1 aromatic rings. The maximum absolute atomic E-state index is 12.1.